The predicted molar refractivity (Wildman–Crippen MR) is 92.7 cm³/mol. The van der Waals surface area contributed by atoms with E-state index in [0.717, 1.165) is 23.1 Å². The third-order valence-electron chi connectivity index (χ3n) is 3.01. The summed E-state index contributed by atoms with van der Waals surface area (Å²) in [5.74, 6) is -2.84. The number of amides is 1. The molecule has 0 saturated carbocycles. The number of benzene rings is 2. The van der Waals surface area contributed by atoms with E-state index < -0.39 is 35.4 Å². The third kappa shape index (κ3) is 6.03. The van der Waals surface area contributed by atoms with Crippen molar-refractivity contribution in [3.63, 3.8) is 0 Å². The summed E-state index contributed by atoms with van der Waals surface area (Å²) in [7, 11) is 0. The molecule has 8 heteroatoms. The Bertz CT molecular complexity index is 771. The van der Waals surface area contributed by atoms with Crippen LogP contribution in [-0.4, -0.2) is 23.7 Å². The molecule has 0 aliphatic rings. The Morgan fingerprint density at radius 1 is 1.20 bits per heavy atom. The minimum atomic E-state index is -0.785. The van der Waals surface area contributed by atoms with Crippen molar-refractivity contribution < 1.29 is 23.1 Å². The first kappa shape index (κ1) is 19.2. The first-order chi connectivity index (χ1) is 11.8. The van der Waals surface area contributed by atoms with Gasteiger partial charge in [-0.2, -0.15) is 0 Å². The molecule has 0 fully saturated rings. The normalized spacial score (nSPS) is 11.7. The molecule has 1 N–H and O–H groups in total. The molecule has 0 radical (unpaired) electrons. The SMILES string of the molecule is C[C@H](Sc1ccc(Cl)cc1)C(=O)OCC(=O)Nc1cc(F)ccc1F. The van der Waals surface area contributed by atoms with E-state index in [-0.39, 0.29) is 5.69 Å². The first-order valence-corrected chi connectivity index (χ1v) is 8.44. The van der Waals surface area contributed by atoms with Gasteiger partial charge in [0.2, 0.25) is 0 Å². The zero-order valence-electron chi connectivity index (χ0n) is 13.1. The van der Waals surface area contributed by atoms with Crippen LogP contribution in [-0.2, 0) is 14.3 Å². The highest BCUT2D eigenvalue weighted by atomic mass is 35.5. The van der Waals surface area contributed by atoms with Crippen LogP contribution in [0.5, 0.6) is 0 Å². The van der Waals surface area contributed by atoms with Crippen LogP contribution in [0.4, 0.5) is 14.5 Å². The molecule has 0 heterocycles. The maximum atomic E-state index is 13.4. The number of thioether (sulfide) groups is 1. The summed E-state index contributed by atoms with van der Waals surface area (Å²) in [4.78, 5) is 24.4. The van der Waals surface area contributed by atoms with Crippen LogP contribution in [0, 0.1) is 11.6 Å². The van der Waals surface area contributed by atoms with E-state index in [1.54, 1.807) is 31.2 Å². The molecule has 0 aromatic heterocycles. The fourth-order valence-electron chi connectivity index (χ4n) is 1.80. The zero-order valence-corrected chi connectivity index (χ0v) is 14.7. The van der Waals surface area contributed by atoms with Crippen molar-refractivity contribution in [3.8, 4) is 0 Å². The van der Waals surface area contributed by atoms with Crippen molar-refractivity contribution >= 4 is 40.9 Å². The van der Waals surface area contributed by atoms with E-state index >= 15 is 0 Å². The average molecular weight is 386 g/mol. The molecule has 2 aromatic carbocycles. The Labute approximate surface area is 152 Å². The van der Waals surface area contributed by atoms with Crippen molar-refractivity contribution in [1.82, 2.24) is 0 Å². The lowest BCUT2D eigenvalue weighted by molar-refractivity contribution is -0.146. The molecule has 1 amide bonds. The molecule has 2 aromatic rings. The maximum absolute atomic E-state index is 13.4. The molecule has 132 valence electrons. The fraction of sp³-hybridized carbons (Fsp3) is 0.176. The highest BCUT2D eigenvalue weighted by Crippen LogP contribution is 2.25. The molecule has 0 unspecified atom stereocenters. The van der Waals surface area contributed by atoms with Gasteiger partial charge >= 0.3 is 5.97 Å². The van der Waals surface area contributed by atoms with Crippen LogP contribution in [0.1, 0.15) is 6.92 Å². The molecular weight excluding hydrogens is 372 g/mol. The van der Waals surface area contributed by atoms with Crippen molar-refractivity contribution in [3.05, 3.63) is 59.1 Å². The molecule has 0 bridgehead atoms. The molecule has 4 nitrogen and oxygen atoms in total. The van der Waals surface area contributed by atoms with Gasteiger partial charge in [-0.15, -0.1) is 11.8 Å². The van der Waals surface area contributed by atoms with Crippen molar-refractivity contribution in [1.29, 1.82) is 0 Å². The number of rotatable bonds is 6. The lowest BCUT2D eigenvalue weighted by Crippen LogP contribution is -2.25. The Morgan fingerprint density at radius 2 is 1.88 bits per heavy atom. The van der Waals surface area contributed by atoms with Gasteiger partial charge in [0.05, 0.1) is 5.69 Å². The number of ether oxygens (including phenoxy) is 1. The quantitative estimate of drug-likeness (QED) is 0.595. The number of nitrogens with one attached hydrogen (secondary N) is 1. The lowest BCUT2D eigenvalue weighted by Gasteiger charge is -2.12. The number of halogens is 3. The first-order valence-electron chi connectivity index (χ1n) is 7.19. The standard InChI is InChI=1S/C17H14ClF2NO3S/c1-10(25-13-5-2-11(18)3-6-13)17(23)24-9-16(22)21-15-8-12(19)4-7-14(15)20/h2-8,10H,9H2,1H3,(H,21,22)/t10-/m0/s1. The van der Waals surface area contributed by atoms with Gasteiger partial charge in [-0.3, -0.25) is 9.59 Å². The van der Waals surface area contributed by atoms with Gasteiger partial charge in [0.25, 0.3) is 5.91 Å². The summed E-state index contributed by atoms with van der Waals surface area (Å²) in [6.45, 7) is 1.03. The van der Waals surface area contributed by atoms with Gasteiger partial charge in [0.1, 0.15) is 16.9 Å². The molecule has 0 aliphatic heterocycles. The summed E-state index contributed by atoms with van der Waals surface area (Å²) in [5.41, 5.74) is -0.315. The van der Waals surface area contributed by atoms with Crippen molar-refractivity contribution in [2.75, 3.05) is 11.9 Å². The summed E-state index contributed by atoms with van der Waals surface area (Å²) in [6.07, 6.45) is 0. The lowest BCUT2D eigenvalue weighted by atomic mass is 10.3. The second-order valence-corrected chi connectivity index (χ2v) is 6.84. The van der Waals surface area contributed by atoms with Crippen LogP contribution < -0.4 is 5.32 Å². The van der Waals surface area contributed by atoms with Gasteiger partial charge in [-0.05, 0) is 43.3 Å². The van der Waals surface area contributed by atoms with Crippen molar-refractivity contribution in [2.24, 2.45) is 0 Å². The minimum absolute atomic E-state index is 0.315. The molecule has 0 spiro atoms. The van der Waals surface area contributed by atoms with Crippen LogP contribution >= 0.6 is 23.4 Å². The Kier molecular flexibility index (Phi) is 6.78. The molecule has 2 rings (SSSR count). The molecule has 1 atom stereocenters. The molecule has 0 saturated heterocycles. The van der Waals surface area contributed by atoms with Gasteiger partial charge in [-0.25, -0.2) is 8.78 Å². The Balaban J connectivity index is 1.83. The fourth-order valence-corrected chi connectivity index (χ4v) is 2.79. The van der Waals surface area contributed by atoms with Crippen LogP contribution in [0.2, 0.25) is 5.02 Å². The number of carbonyl (C=O) groups excluding carboxylic acids is 2. The largest absolute Gasteiger partial charge is 0.455 e. The number of hydrogen-bond donors (Lipinski definition) is 1. The predicted octanol–water partition coefficient (Wildman–Crippen LogP) is 4.28. The number of hydrogen-bond acceptors (Lipinski definition) is 4. The zero-order chi connectivity index (χ0) is 18.4. The van der Waals surface area contributed by atoms with Crippen molar-refractivity contribution in [2.45, 2.75) is 17.1 Å². The monoisotopic (exact) mass is 385 g/mol. The van der Waals surface area contributed by atoms with Gasteiger partial charge in [0.15, 0.2) is 6.61 Å². The second kappa shape index (κ2) is 8.82. The van der Waals surface area contributed by atoms with E-state index in [1.165, 1.54) is 11.8 Å². The van der Waals surface area contributed by atoms with Gasteiger partial charge in [0, 0.05) is 16.0 Å². The smallest absolute Gasteiger partial charge is 0.319 e. The number of carbonyl (C=O) groups is 2. The number of anilines is 1. The highest BCUT2D eigenvalue weighted by Gasteiger charge is 2.18. The van der Waals surface area contributed by atoms with E-state index in [4.69, 9.17) is 16.3 Å². The van der Waals surface area contributed by atoms with Gasteiger partial charge in [-0.1, -0.05) is 11.6 Å². The van der Waals surface area contributed by atoms with Crippen LogP contribution in [0.25, 0.3) is 0 Å². The average Bonchev–Trinajstić information content (AvgIpc) is 2.58. The maximum Gasteiger partial charge on any atom is 0.319 e. The summed E-state index contributed by atoms with van der Waals surface area (Å²) in [6, 6.07) is 9.58. The van der Waals surface area contributed by atoms with E-state index in [1.807, 2.05) is 0 Å². The van der Waals surface area contributed by atoms with Crippen LogP contribution in [0.3, 0.4) is 0 Å². The van der Waals surface area contributed by atoms with Gasteiger partial charge < -0.3 is 10.1 Å². The topological polar surface area (TPSA) is 55.4 Å². The third-order valence-corrected chi connectivity index (χ3v) is 4.35. The molecule has 25 heavy (non-hydrogen) atoms. The van der Waals surface area contributed by atoms with Crippen LogP contribution in [0.15, 0.2) is 47.4 Å². The molecular formula is C17H14ClF2NO3S. The van der Waals surface area contributed by atoms with E-state index in [0.29, 0.717) is 5.02 Å². The number of esters is 1. The van der Waals surface area contributed by atoms with E-state index in [9.17, 15) is 18.4 Å². The Morgan fingerprint density at radius 3 is 2.56 bits per heavy atom. The minimum Gasteiger partial charge on any atom is -0.455 e. The second-order valence-electron chi connectivity index (χ2n) is 4.99. The highest BCUT2D eigenvalue weighted by molar-refractivity contribution is 8.00. The summed E-state index contributed by atoms with van der Waals surface area (Å²) in [5, 5.41) is 2.18. The van der Waals surface area contributed by atoms with E-state index in [2.05, 4.69) is 5.32 Å². The summed E-state index contributed by atoms with van der Waals surface area (Å²) < 4.78 is 31.4. The molecule has 0 aliphatic carbocycles. The summed E-state index contributed by atoms with van der Waals surface area (Å²) >= 11 is 7.03. The Hall–Kier alpha value is -2.12.